The van der Waals surface area contributed by atoms with Gasteiger partial charge in [0.15, 0.2) is 0 Å². The maximum atomic E-state index is 3.57. The number of rotatable bonds is 4. The average molecular weight is 155 g/mol. The predicted molar refractivity (Wildman–Crippen MR) is 49.7 cm³/mol. The van der Waals surface area contributed by atoms with Crippen LogP contribution in [0.25, 0.3) is 0 Å². The highest BCUT2D eigenvalue weighted by atomic mass is 14.9. The van der Waals surface area contributed by atoms with E-state index < -0.39 is 0 Å². The summed E-state index contributed by atoms with van der Waals surface area (Å²) in [4.78, 5) is 0. The fourth-order valence-corrected chi connectivity index (χ4v) is 2.11. The third-order valence-electron chi connectivity index (χ3n) is 2.86. The zero-order valence-corrected chi connectivity index (χ0v) is 7.90. The fourth-order valence-electron chi connectivity index (χ4n) is 2.11. The average Bonchev–Trinajstić information content (AvgIpc) is 2.47. The van der Waals surface area contributed by atoms with E-state index in [9.17, 15) is 0 Å². The van der Waals surface area contributed by atoms with Gasteiger partial charge >= 0.3 is 0 Å². The van der Waals surface area contributed by atoms with Gasteiger partial charge in [-0.2, -0.15) is 0 Å². The highest BCUT2D eigenvalue weighted by molar-refractivity contribution is 4.82. The van der Waals surface area contributed by atoms with Crippen LogP contribution in [0, 0.1) is 5.92 Å². The molecular weight excluding hydrogens is 134 g/mol. The second-order valence-electron chi connectivity index (χ2n) is 3.66. The minimum Gasteiger partial charge on any atom is -0.314 e. The van der Waals surface area contributed by atoms with E-state index in [-0.39, 0.29) is 0 Å². The van der Waals surface area contributed by atoms with Crippen LogP contribution in [0.2, 0.25) is 0 Å². The van der Waals surface area contributed by atoms with Crippen molar-refractivity contribution in [2.75, 3.05) is 6.54 Å². The summed E-state index contributed by atoms with van der Waals surface area (Å²) < 4.78 is 0. The number of nitrogens with one attached hydrogen (secondary N) is 1. The topological polar surface area (TPSA) is 12.0 Å². The SMILES string of the molecule is CCCCC1CCNC1CC. The third-order valence-corrected chi connectivity index (χ3v) is 2.86. The van der Waals surface area contributed by atoms with Gasteiger partial charge in [0.2, 0.25) is 0 Å². The molecule has 0 aromatic rings. The molecule has 1 heteroatoms. The van der Waals surface area contributed by atoms with Crippen LogP contribution in [-0.4, -0.2) is 12.6 Å². The minimum atomic E-state index is 0.835. The monoisotopic (exact) mass is 155 g/mol. The zero-order valence-electron chi connectivity index (χ0n) is 7.90. The van der Waals surface area contributed by atoms with Crippen molar-refractivity contribution in [3.05, 3.63) is 0 Å². The highest BCUT2D eigenvalue weighted by Gasteiger charge is 2.23. The van der Waals surface area contributed by atoms with Crippen molar-refractivity contribution in [3.8, 4) is 0 Å². The summed E-state index contributed by atoms with van der Waals surface area (Å²) in [5.41, 5.74) is 0. The molecule has 1 aliphatic rings. The molecule has 0 amide bonds. The Hall–Kier alpha value is -0.0400. The van der Waals surface area contributed by atoms with Crippen molar-refractivity contribution in [1.29, 1.82) is 0 Å². The van der Waals surface area contributed by atoms with Gasteiger partial charge in [-0.05, 0) is 31.7 Å². The van der Waals surface area contributed by atoms with Gasteiger partial charge < -0.3 is 5.32 Å². The van der Waals surface area contributed by atoms with Crippen LogP contribution in [0.4, 0.5) is 0 Å². The van der Waals surface area contributed by atoms with Gasteiger partial charge in [0.25, 0.3) is 0 Å². The summed E-state index contributed by atoms with van der Waals surface area (Å²) in [7, 11) is 0. The Labute approximate surface area is 70.6 Å². The first kappa shape index (κ1) is 9.05. The molecule has 0 spiro atoms. The van der Waals surface area contributed by atoms with E-state index in [1.807, 2.05) is 0 Å². The minimum absolute atomic E-state index is 0.835. The molecule has 2 unspecified atom stereocenters. The zero-order chi connectivity index (χ0) is 8.10. The van der Waals surface area contributed by atoms with E-state index >= 15 is 0 Å². The molecule has 0 aromatic heterocycles. The Balaban J connectivity index is 2.20. The standard InChI is InChI=1S/C10H21N/c1-3-5-6-9-7-8-11-10(9)4-2/h9-11H,3-8H2,1-2H3. The van der Waals surface area contributed by atoms with Crippen LogP contribution in [0.3, 0.4) is 0 Å². The number of hydrogen-bond donors (Lipinski definition) is 1. The Morgan fingerprint density at radius 2 is 2.18 bits per heavy atom. The van der Waals surface area contributed by atoms with Crippen molar-refractivity contribution in [1.82, 2.24) is 5.32 Å². The second kappa shape index (κ2) is 4.76. The molecule has 0 bridgehead atoms. The van der Waals surface area contributed by atoms with Crippen LogP contribution < -0.4 is 5.32 Å². The lowest BCUT2D eigenvalue weighted by molar-refractivity contribution is 0.398. The van der Waals surface area contributed by atoms with E-state index in [4.69, 9.17) is 0 Å². The maximum Gasteiger partial charge on any atom is 0.00931 e. The molecule has 1 fully saturated rings. The fraction of sp³-hybridized carbons (Fsp3) is 1.00. The van der Waals surface area contributed by atoms with Crippen LogP contribution in [0.1, 0.15) is 46.0 Å². The van der Waals surface area contributed by atoms with Crippen LogP contribution in [0.15, 0.2) is 0 Å². The Kier molecular flexibility index (Phi) is 3.92. The lowest BCUT2D eigenvalue weighted by Gasteiger charge is -2.16. The molecule has 2 atom stereocenters. The van der Waals surface area contributed by atoms with Crippen molar-refractivity contribution in [3.63, 3.8) is 0 Å². The summed E-state index contributed by atoms with van der Waals surface area (Å²) in [5, 5.41) is 3.57. The predicted octanol–water partition coefficient (Wildman–Crippen LogP) is 2.56. The van der Waals surface area contributed by atoms with Gasteiger partial charge in [0, 0.05) is 6.04 Å². The Morgan fingerprint density at radius 3 is 2.82 bits per heavy atom. The van der Waals surface area contributed by atoms with Gasteiger partial charge in [0.1, 0.15) is 0 Å². The summed E-state index contributed by atoms with van der Waals surface area (Å²) in [5.74, 6) is 0.986. The molecule has 1 saturated heterocycles. The molecule has 1 rings (SSSR count). The maximum absolute atomic E-state index is 3.57. The van der Waals surface area contributed by atoms with Crippen LogP contribution >= 0.6 is 0 Å². The Morgan fingerprint density at radius 1 is 1.36 bits per heavy atom. The largest absolute Gasteiger partial charge is 0.314 e. The van der Waals surface area contributed by atoms with Crippen molar-refractivity contribution in [2.24, 2.45) is 5.92 Å². The van der Waals surface area contributed by atoms with Crippen molar-refractivity contribution < 1.29 is 0 Å². The molecule has 11 heavy (non-hydrogen) atoms. The molecule has 1 aliphatic heterocycles. The molecule has 66 valence electrons. The van der Waals surface area contributed by atoms with Gasteiger partial charge in [-0.25, -0.2) is 0 Å². The summed E-state index contributed by atoms with van der Waals surface area (Å²) in [6.45, 7) is 5.83. The van der Waals surface area contributed by atoms with Gasteiger partial charge in [0.05, 0.1) is 0 Å². The van der Waals surface area contributed by atoms with E-state index in [2.05, 4.69) is 19.2 Å². The van der Waals surface area contributed by atoms with Crippen molar-refractivity contribution >= 4 is 0 Å². The van der Waals surface area contributed by atoms with Gasteiger partial charge in [-0.15, -0.1) is 0 Å². The third kappa shape index (κ3) is 2.48. The molecular formula is C10H21N. The number of hydrogen-bond acceptors (Lipinski definition) is 1. The molecule has 1 heterocycles. The van der Waals surface area contributed by atoms with E-state index in [0.717, 1.165) is 12.0 Å². The van der Waals surface area contributed by atoms with Gasteiger partial charge in [-0.1, -0.05) is 26.7 Å². The summed E-state index contributed by atoms with van der Waals surface area (Å²) in [6, 6.07) is 0.835. The molecule has 0 saturated carbocycles. The van der Waals surface area contributed by atoms with Gasteiger partial charge in [-0.3, -0.25) is 0 Å². The van der Waals surface area contributed by atoms with E-state index in [0.29, 0.717) is 0 Å². The van der Waals surface area contributed by atoms with E-state index in [1.165, 1.54) is 38.6 Å². The van der Waals surface area contributed by atoms with Crippen molar-refractivity contribution in [2.45, 2.75) is 52.0 Å². The molecule has 1 N–H and O–H groups in total. The molecule has 1 nitrogen and oxygen atoms in total. The molecule has 0 radical (unpaired) electrons. The van der Waals surface area contributed by atoms with Crippen LogP contribution in [-0.2, 0) is 0 Å². The van der Waals surface area contributed by atoms with Crippen LogP contribution in [0.5, 0.6) is 0 Å². The quantitative estimate of drug-likeness (QED) is 0.658. The lowest BCUT2D eigenvalue weighted by atomic mass is 9.93. The second-order valence-corrected chi connectivity index (χ2v) is 3.66. The first-order valence-corrected chi connectivity index (χ1v) is 5.11. The highest BCUT2D eigenvalue weighted by Crippen LogP contribution is 2.23. The smallest absolute Gasteiger partial charge is 0.00931 e. The molecule has 0 aromatic carbocycles. The first-order chi connectivity index (χ1) is 5.38. The number of unbranched alkanes of at least 4 members (excludes halogenated alkanes) is 1. The Bertz CT molecular complexity index is 101. The van der Waals surface area contributed by atoms with E-state index in [1.54, 1.807) is 0 Å². The summed E-state index contributed by atoms with van der Waals surface area (Å²) >= 11 is 0. The normalized spacial score (nSPS) is 31.1. The first-order valence-electron chi connectivity index (χ1n) is 5.11. The lowest BCUT2D eigenvalue weighted by Crippen LogP contribution is -2.25. The molecule has 0 aliphatic carbocycles. The summed E-state index contributed by atoms with van der Waals surface area (Å²) in [6.07, 6.45) is 6.95.